The van der Waals surface area contributed by atoms with E-state index in [2.05, 4.69) is 56.3 Å². The summed E-state index contributed by atoms with van der Waals surface area (Å²) >= 11 is 0. The fraction of sp³-hybridized carbons (Fsp3) is 0.182. The van der Waals surface area contributed by atoms with Gasteiger partial charge in [-0.2, -0.15) is 0 Å². The summed E-state index contributed by atoms with van der Waals surface area (Å²) in [5, 5.41) is 0. The molecule has 0 N–H and O–H groups in total. The molecule has 0 saturated heterocycles. The zero-order chi connectivity index (χ0) is 25.9. The predicted molar refractivity (Wildman–Crippen MR) is 151 cm³/mol. The summed E-state index contributed by atoms with van der Waals surface area (Å²) in [7, 11) is 3.32. The molecular formula is C33H31NO3. The van der Waals surface area contributed by atoms with E-state index >= 15 is 0 Å². The highest BCUT2D eigenvalue weighted by Gasteiger charge is 2.32. The van der Waals surface area contributed by atoms with Crippen LogP contribution in [0.1, 0.15) is 42.0 Å². The van der Waals surface area contributed by atoms with Crippen LogP contribution in [-0.4, -0.2) is 20.1 Å². The minimum Gasteiger partial charge on any atom is -0.497 e. The molecule has 0 unspecified atom stereocenters. The quantitative estimate of drug-likeness (QED) is 0.251. The topological polar surface area (TPSA) is 38.8 Å². The van der Waals surface area contributed by atoms with Crippen molar-refractivity contribution in [2.45, 2.75) is 26.3 Å². The lowest BCUT2D eigenvalue weighted by molar-refractivity contribution is -0.113. The Kier molecular flexibility index (Phi) is 6.82. The van der Waals surface area contributed by atoms with Crippen LogP contribution in [0.15, 0.2) is 91.0 Å². The van der Waals surface area contributed by atoms with Gasteiger partial charge in [-0.15, -0.1) is 0 Å². The maximum Gasteiger partial charge on any atom is 0.259 e. The summed E-state index contributed by atoms with van der Waals surface area (Å²) in [5.41, 5.74) is 8.04. The Hall–Kier alpha value is -4.31. The van der Waals surface area contributed by atoms with Gasteiger partial charge in [-0.25, -0.2) is 0 Å². The summed E-state index contributed by atoms with van der Waals surface area (Å²) in [5.74, 6) is 2.08. The van der Waals surface area contributed by atoms with Crippen molar-refractivity contribution < 1.29 is 14.3 Å². The first-order valence-corrected chi connectivity index (χ1v) is 12.5. The van der Waals surface area contributed by atoms with Crippen molar-refractivity contribution >= 4 is 23.2 Å². The number of hydrogen-bond donors (Lipinski definition) is 0. The minimum atomic E-state index is 0.00522. The van der Waals surface area contributed by atoms with E-state index in [1.807, 2.05) is 59.5 Å². The number of hydrogen-bond acceptors (Lipinski definition) is 3. The Balaban J connectivity index is 1.56. The number of ether oxygens (including phenoxy) is 2. The van der Waals surface area contributed by atoms with Crippen molar-refractivity contribution in [2.24, 2.45) is 0 Å². The van der Waals surface area contributed by atoms with Crippen LogP contribution >= 0.6 is 0 Å². The molecule has 5 rings (SSSR count). The average molecular weight is 490 g/mol. The molecule has 1 aliphatic heterocycles. The van der Waals surface area contributed by atoms with Gasteiger partial charge < -0.3 is 14.4 Å². The molecule has 0 aliphatic carbocycles. The molecule has 1 aliphatic rings. The van der Waals surface area contributed by atoms with Gasteiger partial charge in [0.05, 0.1) is 26.5 Å². The highest BCUT2D eigenvalue weighted by Crippen LogP contribution is 2.41. The summed E-state index contributed by atoms with van der Waals surface area (Å²) in [6.07, 6.45) is 2.01. The Labute approximate surface area is 218 Å². The van der Waals surface area contributed by atoms with E-state index in [0.717, 1.165) is 45.0 Å². The number of methoxy groups -OCH3 is 2. The number of nitrogens with zero attached hydrogens (tertiary/aromatic N) is 1. The van der Waals surface area contributed by atoms with E-state index < -0.39 is 0 Å². The Bertz CT molecular complexity index is 1430. The number of carbonyl (C=O) groups excluding carboxylic acids is 1. The highest BCUT2D eigenvalue weighted by molar-refractivity contribution is 6.36. The van der Waals surface area contributed by atoms with Crippen molar-refractivity contribution in [3.05, 3.63) is 113 Å². The fourth-order valence-electron chi connectivity index (χ4n) is 4.67. The van der Waals surface area contributed by atoms with Crippen LogP contribution in [0, 0.1) is 0 Å². The van der Waals surface area contributed by atoms with E-state index in [1.54, 1.807) is 14.2 Å². The summed E-state index contributed by atoms with van der Waals surface area (Å²) in [6, 6.07) is 30.6. The Morgan fingerprint density at radius 2 is 1.35 bits per heavy atom. The van der Waals surface area contributed by atoms with Gasteiger partial charge in [-0.1, -0.05) is 68.4 Å². The van der Waals surface area contributed by atoms with Gasteiger partial charge in [0.25, 0.3) is 5.91 Å². The molecule has 4 heteroatoms. The molecule has 0 aromatic heterocycles. The first-order valence-electron chi connectivity index (χ1n) is 12.5. The molecule has 0 fully saturated rings. The van der Waals surface area contributed by atoms with E-state index in [-0.39, 0.29) is 5.91 Å². The number of benzene rings is 4. The Morgan fingerprint density at radius 3 is 1.95 bits per heavy atom. The van der Waals surface area contributed by atoms with E-state index in [9.17, 15) is 4.79 Å². The molecule has 186 valence electrons. The maximum absolute atomic E-state index is 13.8. The van der Waals surface area contributed by atoms with Crippen LogP contribution in [0.5, 0.6) is 11.5 Å². The minimum absolute atomic E-state index is 0.00522. The molecule has 1 amide bonds. The largest absolute Gasteiger partial charge is 0.497 e. The van der Waals surface area contributed by atoms with E-state index in [1.165, 1.54) is 5.56 Å². The van der Waals surface area contributed by atoms with Crippen LogP contribution in [0.25, 0.3) is 22.8 Å². The van der Waals surface area contributed by atoms with Gasteiger partial charge in [-0.05, 0) is 76.2 Å². The third kappa shape index (κ3) is 5.01. The monoisotopic (exact) mass is 489 g/mol. The SMILES string of the molecule is COc1ccc(CN2C(=O)/C(=C\c3ccc(C(C)C)cc3)c3cc(-c4ccc(OC)cc4)ccc32)cc1. The van der Waals surface area contributed by atoms with Crippen molar-refractivity contribution in [1.82, 2.24) is 0 Å². The predicted octanol–water partition coefficient (Wildman–Crippen LogP) is 7.58. The molecule has 4 nitrogen and oxygen atoms in total. The van der Waals surface area contributed by atoms with E-state index in [4.69, 9.17) is 9.47 Å². The van der Waals surface area contributed by atoms with Gasteiger partial charge >= 0.3 is 0 Å². The summed E-state index contributed by atoms with van der Waals surface area (Å²) < 4.78 is 10.6. The lowest BCUT2D eigenvalue weighted by Gasteiger charge is -2.18. The fourth-order valence-corrected chi connectivity index (χ4v) is 4.67. The number of amides is 1. The molecule has 1 heterocycles. The van der Waals surface area contributed by atoms with Gasteiger partial charge in [0.15, 0.2) is 0 Å². The number of carbonyl (C=O) groups is 1. The molecule has 4 aromatic carbocycles. The zero-order valence-corrected chi connectivity index (χ0v) is 21.7. The lowest BCUT2D eigenvalue weighted by Crippen LogP contribution is -2.25. The first-order chi connectivity index (χ1) is 18.0. The van der Waals surface area contributed by atoms with Gasteiger partial charge in [0.1, 0.15) is 11.5 Å². The molecule has 37 heavy (non-hydrogen) atoms. The zero-order valence-electron chi connectivity index (χ0n) is 21.7. The molecule has 4 aromatic rings. The number of fused-ring (bicyclic) bond motifs is 1. The molecule has 0 bridgehead atoms. The lowest BCUT2D eigenvalue weighted by atomic mass is 9.97. The van der Waals surface area contributed by atoms with Crippen molar-refractivity contribution in [3.63, 3.8) is 0 Å². The van der Waals surface area contributed by atoms with Gasteiger partial charge in [0, 0.05) is 11.1 Å². The van der Waals surface area contributed by atoms with Crippen molar-refractivity contribution in [2.75, 3.05) is 19.1 Å². The van der Waals surface area contributed by atoms with Gasteiger partial charge in [-0.3, -0.25) is 4.79 Å². The van der Waals surface area contributed by atoms with Crippen LogP contribution in [-0.2, 0) is 11.3 Å². The third-order valence-electron chi connectivity index (χ3n) is 6.89. The third-order valence-corrected chi connectivity index (χ3v) is 6.89. The second-order valence-corrected chi connectivity index (χ2v) is 9.58. The molecular weight excluding hydrogens is 458 g/mol. The van der Waals surface area contributed by atoms with Crippen LogP contribution in [0.4, 0.5) is 5.69 Å². The van der Waals surface area contributed by atoms with Crippen molar-refractivity contribution in [3.8, 4) is 22.6 Å². The normalized spacial score (nSPS) is 13.8. The summed E-state index contributed by atoms with van der Waals surface area (Å²) in [4.78, 5) is 15.7. The second kappa shape index (κ2) is 10.4. The summed E-state index contributed by atoms with van der Waals surface area (Å²) in [6.45, 7) is 4.85. The van der Waals surface area contributed by atoms with Crippen LogP contribution < -0.4 is 14.4 Å². The maximum atomic E-state index is 13.8. The molecule has 0 spiro atoms. The van der Waals surface area contributed by atoms with Crippen LogP contribution in [0.2, 0.25) is 0 Å². The smallest absolute Gasteiger partial charge is 0.259 e. The van der Waals surface area contributed by atoms with Gasteiger partial charge in [0.2, 0.25) is 0 Å². The molecule has 0 radical (unpaired) electrons. The van der Waals surface area contributed by atoms with Crippen molar-refractivity contribution in [1.29, 1.82) is 0 Å². The standard InChI is InChI=1S/C33H31NO3/c1-22(2)25-9-5-23(6-10-25)19-31-30-20-27(26-11-16-29(37-4)17-12-26)13-18-32(30)34(33(31)35)21-24-7-14-28(36-3)15-8-24/h5-20,22H,21H2,1-4H3/b31-19-. The molecule has 0 atom stereocenters. The Morgan fingerprint density at radius 1 is 0.757 bits per heavy atom. The molecule has 0 saturated carbocycles. The highest BCUT2D eigenvalue weighted by atomic mass is 16.5. The average Bonchev–Trinajstić information content (AvgIpc) is 3.19. The van der Waals surface area contributed by atoms with E-state index in [0.29, 0.717) is 18.0 Å². The number of rotatable bonds is 7. The van der Waals surface area contributed by atoms with Crippen LogP contribution in [0.3, 0.4) is 0 Å². The first kappa shape index (κ1) is 24.4. The number of anilines is 1. The second-order valence-electron chi connectivity index (χ2n) is 9.58.